The Kier molecular flexibility index (Phi) is 5.36. The molecule has 31 heavy (non-hydrogen) atoms. The lowest BCUT2D eigenvalue weighted by atomic mass is 10.0. The van der Waals surface area contributed by atoms with Crippen LogP contribution in [-0.4, -0.2) is 53.3 Å². The van der Waals surface area contributed by atoms with Gasteiger partial charge in [0.15, 0.2) is 5.65 Å². The summed E-state index contributed by atoms with van der Waals surface area (Å²) in [4.78, 5) is 14.9. The number of methoxy groups -OCH3 is 1. The second kappa shape index (κ2) is 8.45. The number of H-pyrrole nitrogens is 1. The van der Waals surface area contributed by atoms with E-state index in [4.69, 9.17) is 9.47 Å². The van der Waals surface area contributed by atoms with E-state index >= 15 is 0 Å². The van der Waals surface area contributed by atoms with Gasteiger partial charge in [0.05, 0.1) is 25.8 Å². The Morgan fingerprint density at radius 3 is 2.65 bits per heavy atom. The first-order valence-electron chi connectivity index (χ1n) is 10.3. The summed E-state index contributed by atoms with van der Waals surface area (Å²) in [5.74, 6) is 0.874. The molecule has 0 aliphatic carbocycles. The zero-order valence-corrected chi connectivity index (χ0v) is 17.3. The fraction of sp³-hybridized carbons (Fsp3) is 0.250. The Bertz CT molecular complexity index is 1200. The van der Waals surface area contributed by atoms with Gasteiger partial charge in [0.1, 0.15) is 17.4 Å². The van der Waals surface area contributed by atoms with E-state index in [0.717, 1.165) is 60.9 Å². The minimum atomic E-state index is -0.339. The lowest BCUT2D eigenvalue weighted by molar-refractivity contribution is 0.0342. The number of aromatic nitrogens is 3. The zero-order valence-electron chi connectivity index (χ0n) is 17.3. The summed E-state index contributed by atoms with van der Waals surface area (Å²) in [5, 5.41) is 0. The third-order valence-electron chi connectivity index (χ3n) is 5.58. The maximum absolute atomic E-state index is 13.6. The summed E-state index contributed by atoms with van der Waals surface area (Å²) < 4.78 is 24.5. The first-order chi connectivity index (χ1) is 15.2. The summed E-state index contributed by atoms with van der Waals surface area (Å²) in [6, 6.07) is 14.8. The Morgan fingerprint density at radius 2 is 1.87 bits per heavy atom. The summed E-state index contributed by atoms with van der Waals surface area (Å²) in [5.41, 5.74) is 5.30. The second-order valence-corrected chi connectivity index (χ2v) is 7.57. The van der Waals surface area contributed by atoms with Gasteiger partial charge in [-0.1, -0.05) is 24.3 Å². The van der Waals surface area contributed by atoms with Crippen molar-refractivity contribution >= 4 is 11.2 Å². The smallest absolute Gasteiger partial charge is 0.178 e. The molecule has 0 saturated carbocycles. The van der Waals surface area contributed by atoms with Gasteiger partial charge in [-0.25, -0.2) is 14.4 Å². The van der Waals surface area contributed by atoms with Crippen LogP contribution < -0.4 is 4.74 Å². The first-order valence-corrected chi connectivity index (χ1v) is 10.3. The molecule has 5 rings (SSSR count). The summed E-state index contributed by atoms with van der Waals surface area (Å²) in [7, 11) is 1.54. The Balaban J connectivity index is 1.46. The number of hydrogen-bond donors (Lipinski definition) is 1. The van der Waals surface area contributed by atoms with Gasteiger partial charge in [0.2, 0.25) is 0 Å². The molecule has 0 atom stereocenters. The number of imidazole rings is 1. The van der Waals surface area contributed by atoms with Crippen LogP contribution in [0.4, 0.5) is 4.39 Å². The number of hydrogen-bond acceptors (Lipinski definition) is 5. The molecule has 2 aromatic carbocycles. The molecular formula is C24H23FN4O2. The van der Waals surface area contributed by atoms with Crippen molar-refractivity contribution in [3.63, 3.8) is 0 Å². The van der Waals surface area contributed by atoms with Crippen molar-refractivity contribution < 1.29 is 13.9 Å². The molecule has 158 valence electrons. The monoisotopic (exact) mass is 418 g/mol. The third kappa shape index (κ3) is 4.02. The normalized spacial score (nSPS) is 14.8. The Labute approximate surface area is 179 Å². The fourth-order valence-corrected chi connectivity index (χ4v) is 3.95. The maximum Gasteiger partial charge on any atom is 0.178 e. The van der Waals surface area contributed by atoms with Gasteiger partial charge < -0.3 is 14.5 Å². The number of fused-ring (bicyclic) bond motifs is 1. The molecule has 1 saturated heterocycles. The van der Waals surface area contributed by atoms with E-state index < -0.39 is 0 Å². The van der Waals surface area contributed by atoms with Gasteiger partial charge in [0.25, 0.3) is 0 Å². The summed E-state index contributed by atoms with van der Waals surface area (Å²) in [6.07, 6.45) is 1.70. The van der Waals surface area contributed by atoms with Gasteiger partial charge in [-0.05, 0) is 23.8 Å². The molecular weight excluding hydrogens is 395 g/mol. The average Bonchev–Trinajstić information content (AvgIpc) is 3.25. The number of nitrogens with zero attached hydrogens (tertiary/aromatic N) is 3. The van der Waals surface area contributed by atoms with Crippen LogP contribution in [0, 0.1) is 5.82 Å². The number of pyridine rings is 1. The molecule has 7 heteroatoms. The van der Waals surface area contributed by atoms with Crippen LogP contribution >= 0.6 is 0 Å². The van der Waals surface area contributed by atoms with Crippen LogP contribution in [0.5, 0.6) is 5.75 Å². The molecule has 0 radical (unpaired) electrons. The minimum Gasteiger partial charge on any atom is -0.496 e. The summed E-state index contributed by atoms with van der Waals surface area (Å²) >= 11 is 0. The SMILES string of the molecule is COc1cc(F)ccc1-c1ccnc2nc(-c3ccc(CN4CCOCC4)cc3)[nH]c12. The number of aromatic amines is 1. The predicted octanol–water partition coefficient (Wildman–Crippen LogP) is 4.27. The highest BCUT2D eigenvalue weighted by Crippen LogP contribution is 2.35. The minimum absolute atomic E-state index is 0.339. The molecule has 6 nitrogen and oxygen atoms in total. The van der Waals surface area contributed by atoms with Crippen LogP contribution in [0.1, 0.15) is 5.56 Å². The molecule has 0 spiro atoms. The van der Waals surface area contributed by atoms with Crippen molar-refractivity contribution in [1.82, 2.24) is 19.9 Å². The number of halogens is 1. The molecule has 1 aliphatic heterocycles. The molecule has 1 aliphatic rings. The van der Waals surface area contributed by atoms with E-state index in [0.29, 0.717) is 11.4 Å². The molecule has 0 amide bonds. The number of benzene rings is 2. The van der Waals surface area contributed by atoms with Crippen molar-refractivity contribution in [2.45, 2.75) is 6.54 Å². The maximum atomic E-state index is 13.6. The predicted molar refractivity (Wildman–Crippen MR) is 117 cm³/mol. The van der Waals surface area contributed by atoms with Crippen molar-refractivity contribution in [2.75, 3.05) is 33.4 Å². The van der Waals surface area contributed by atoms with Gasteiger partial charge in [-0.15, -0.1) is 0 Å². The lowest BCUT2D eigenvalue weighted by Crippen LogP contribution is -2.35. The van der Waals surface area contributed by atoms with E-state index in [2.05, 4.69) is 44.1 Å². The van der Waals surface area contributed by atoms with E-state index in [1.807, 2.05) is 6.07 Å². The average molecular weight is 418 g/mol. The molecule has 2 aromatic heterocycles. The Hall–Kier alpha value is -3.29. The molecule has 3 heterocycles. The molecule has 0 bridgehead atoms. The van der Waals surface area contributed by atoms with Gasteiger partial charge in [-0.3, -0.25) is 4.90 Å². The van der Waals surface area contributed by atoms with Crippen LogP contribution in [-0.2, 0) is 11.3 Å². The third-order valence-corrected chi connectivity index (χ3v) is 5.58. The van der Waals surface area contributed by atoms with Crippen LogP contribution in [0.3, 0.4) is 0 Å². The van der Waals surface area contributed by atoms with Crippen LogP contribution in [0.25, 0.3) is 33.7 Å². The highest BCUT2D eigenvalue weighted by molar-refractivity contribution is 5.93. The van der Waals surface area contributed by atoms with Gasteiger partial charge in [0, 0.05) is 48.6 Å². The molecule has 4 aromatic rings. The highest BCUT2D eigenvalue weighted by Gasteiger charge is 2.15. The number of morpholine rings is 1. The largest absolute Gasteiger partial charge is 0.496 e. The van der Waals surface area contributed by atoms with E-state index in [1.165, 1.54) is 24.8 Å². The first kappa shape index (κ1) is 19.7. The fourth-order valence-electron chi connectivity index (χ4n) is 3.95. The molecule has 0 unspecified atom stereocenters. The quantitative estimate of drug-likeness (QED) is 0.524. The van der Waals surface area contributed by atoms with Crippen molar-refractivity contribution in [3.05, 3.63) is 66.1 Å². The molecule has 1 fully saturated rings. The standard InChI is InChI=1S/C24H23FN4O2/c1-30-21-14-18(25)6-7-19(21)20-8-9-26-24-22(20)27-23(28-24)17-4-2-16(3-5-17)15-29-10-12-31-13-11-29/h2-9,14H,10-13,15H2,1H3,(H,26,27,28). The number of rotatable bonds is 5. The van der Waals surface area contributed by atoms with Crippen LogP contribution in [0.15, 0.2) is 54.7 Å². The lowest BCUT2D eigenvalue weighted by Gasteiger charge is -2.26. The van der Waals surface area contributed by atoms with E-state index in [1.54, 1.807) is 12.3 Å². The van der Waals surface area contributed by atoms with E-state index in [-0.39, 0.29) is 5.82 Å². The van der Waals surface area contributed by atoms with Crippen LogP contribution in [0.2, 0.25) is 0 Å². The summed E-state index contributed by atoms with van der Waals surface area (Å²) in [6.45, 7) is 4.44. The van der Waals surface area contributed by atoms with Gasteiger partial charge >= 0.3 is 0 Å². The van der Waals surface area contributed by atoms with Gasteiger partial charge in [-0.2, -0.15) is 0 Å². The van der Waals surface area contributed by atoms with E-state index in [9.17, 15) is 4.39 Å². The molecule has 1 N–H and O–H groups in total. The zero-order chi connectivity index (χ0) is 21.2. The van der Waals surface area contributed by atoms with Crippen molar-refractivity contribution in [1.29, 1.82) is 0 Å². The second-order valence-electron chi connectivity index (χ2n) is 7.57. The van der Waals surface area contributed by atoms with Crippen molar-refractivity contribution in [3.8, 4) is 28.3 Å². The number of nitrogens with one attached hydrogen (secondary N) is 1. The topological polar surface area (TPSA) is 63.3 Å². The number of ether oxygens (including phenoxy) is 2. The highest BCUT2D eigenvalue weighted by atomic mass is 19.1. The van der Waals surface area contributed by atoms with Crippen molar-refractivity contribution in [2.24, 2.45) is 0 Å². The Morgan fingerprint density at radius 1 is 1.06 bits per heavy atom.